The van der Waals surface area contributed by atoms with Gasteiger partial charge in [0.1, 0.15) is 6.61 Å². The van der Waals surface area contributed by atoms with Crippen LogP contribution < -0.4 is 14.4 Å². The zero-order chi connectivity index (χ0) is 17.6. The van der Waals surface area contributed by atoms with Crippen LogP contribution >= 0.6 is 11.8 Å². The standard InChI is InChI=1S/C15H16N2O6S2/c1-21-5-14(18)16-15-17(10-6-25(19,20)7-13(10)24-15)9-2-3-11-12(4-9)23-8-22-11/h2-4,10,13H,5-8H2,1H3/t10-,13-/m1/s1. The molecule has 0 radical (unpaired) electrons. The van der Waals surface area contributed by atoms with Crippen LogP contribution in [0.5, 0.6) is 11.5 Å². The first-order valence-corrected chi connectivity index (χ1v) is 10.3. The average molecular weight is 384 g/mol. The molecule has 3 heterocycles. The zero-order valence-electron chi connectivity index (χ0n) is 13.4. The minimum atomic E-state index is -3.10. The molecule has 134 valence electrons. The van der Waals surface area contributed by atoms with E-state index in [1.54, 1.807) is 12.1 Å². The summed E-state index contributed by atoms with van der Waals surface area (Å²) >= 11 is 1.32. The second-order valence-electron chi connectivity index (χ2n) is 5.93. The van der Waals surface area contributed by atoms with E-state index in [1.807, 2.05) is 11.0 Å². The van der Waals surface area contributed by atoms with Crippen LogP contribution in [0.3, 0.4) is 0 Å². The summed E-state index contributed by atoms with van der Waals surface area (Å²) < 4.78 is 39.6. The van der Waals surface area contributed by atoms with Crippen molar-refractivity contribution >= 4 is 38.4 Å². The third kappa shape index (κ3) is 3.09. The predicted molar refractivity (Wildman–Crippen MR) is 93.2 cm³/mol. The normalized spacial score (nSPS) is 27.7. The Kier molecular flexibility index (Phi) is 4.13. The Morgan fingerprint density at radius 2 is 2.16 bits per heavy atom. The number of hydrogen-bond acceptors (Lipinski definition) is 7. The van der Waals surface area contributed by atoms with E-state index in [0.29, 0.717) is 16.7 Å². The maximum Gasteiger partial charge on any atom is 0.274 e. The van der Waals surface area contributed by atoms with E-state index in [1.165, 1.54) is 18.9 Å². The molecule has 0 aromatic heterocycles. The fourth-order valence-corrected chi connectivity index (χ4v) is 7.10. The van der Waals surface area contributed by atoms with Crippen LogP contribution in [0, 0.1) is 0 Å². The van der Waals surface area contributed by atoms with Gasteiger partial charge in [0.25, 0.3) is 5.91 Å². The summed E-state index contributed by atoms with van der Waals surface area (Å²) in [5.41, 5.74) is 0.727. The van der Waals surface area contributed by atoms with Gasteiger partial charge < -0.3 is 19.1 Å². The quantitative estimate of drug-likeness (QED) is 0.750. The third-order valence-electron chi connectivity index (χ3n) is 4.19. The van der Waals surface area contributed by atoms with Crippen LogP contribution in [0.4, 0.5) is 5.69 Å². The van der Waals surface area contributed by atoms with Crippen molar-refractivity contribution in [3.8, 4) is 11.5 Å². The fourth-order valence-electron chi connectivity index (χ4n) is 3.16. The van der Waals surface area contributed by atoms with Crippen molar-refractivity contribution in [2.24, 2.45) is 4.99 Å². The Hall–Kier alpha value is -1.78. The minimum absolute atomic E-state index is 0.0383. The van der Waals surface area contributed by atoms with Crippen molar-refractivity contribution in [2.45, 2.75) is 11.3 Å². The number of sulfone groups is 1. The molecule has 8 nitrogen and oxygen atoms in total. The molecule has 2 fully saturated rings. The molecule has 0 unspecified atom stereocenters. The van der Waals surface area contributed by atoms with Crippen molar-refractivity contribution in [1.82, 2.24) is 0 Å². The summed E-state index contributed by atoms with van der Waals surface area (Å²) in [6, 6.07) is 5.11. The number of nitrogens with zero attached hydrogens (tertiary/aromatic N) is 2. The Balaban J connectivity index is 1.72. The lowest BCUT2D eigenvalue weighted by molar-refractivity contribution is -0.121. The van der Waals surface area contributed by atoms with Gasteiger partial charge in [-0.15, -0.1) is 0 Å². The van der Waals surface area contributed by atoms with Gasteiger partial charge in [-0.3, -0.25) is 4.79 Å². The number of amides is 1. The lowest BCUT2D eigenvalue weighted by Crippen LogP contribution is -2.37. The van der Waals surface area contributed by atoms with Gasteiger partial charge in [-0.05, 0) is 12.1 Å². The molecule has 1 aromatic carbocycles. The monoisotopic (exact) mass is 384 g/mol. The van der Waals surface area contributed by atoms with Crippen LogP contribution in [0.25, 0.3) is 0 Å². The highest BCUT2D eigenvalue weighted by molar-refractivity contribution is 8.16. The molecule has 0 spiro atoms. The van der Waals surface area contributed by atoms with Crippen LogP contribution in [-0.4, -0.2) is 62.8 Å². The summed E-state index contributed by atoms with van der Waals surface area (Å²) in [5, 5.41) is 0.343. The Labute approximate surface area is 149 Å². The van der Waals surface area contributed by atoms with Crippen LogP contribution in [0.2, 0.25) is 0 Å². The molecule has 3 aliphatic heterocycles. The summed E-state index contributed by atoms with van der Waals surface area (Å²) in [4.78, 5) is 17.8. The topological polar surface area (TPSA) is 94.5 Å². The highest BCUT2D eigenvalue weighted by Gasteiger charge is 2.49. The van der Waals surface area contributed by atoms with Gasteiger partial charge in [0.05, 0.1) is 17.5 Å². The molecule has 1 aromatic rings. The molecular weight excluding hydrogens is 368 g/mol. The van der Waals surface area contributed by atoms with Gasteiger partial charge in [0.2, 0.25) is 6.79 Å². The lowest BCUT2D eigenvalue weighted by atomic mass is 10.2. The highest BCUT2D eigenvalue weighted by atomic mass is 32.2. The van der Waals surface area contributed by atoms with Crippen molar-refractivity contribution in [3.05, 3.63) is 18.2 Å². The number of ether oxygens (including phenoxy) is 3. The number of anilines is 1. The molecule has 25 heavy (non-hydrogen) atoms. The number of fused-ring (bicyclic) bond motifs is 2. The number of thioether (sulfide) groups is 1. The van der Waals surface area contributed by atoms with E-state index in [9.17, 15) is 13.2 Å². The number of amidine groups is 1. The minimum Gasteiger partial charge on any atom is -0.454 e. The van der Waals surface area contributed by atoms with Gasteiger partial charge in [0.15, 0.2) is 26.5 Å². The van der Waals surface area contributed by atoms with Crippen molar-refractivity contribution < 1.29 is 27.4 Å². The van der Waals surface area contributed by atoms with E-state index in [-0.39, 0.29) is 36.2 Å². The van der Waals surface area contributed by atoms with E-state index in [4.69, 9.17) is 14.2 Å². The second kappa shape index (κ2) is 6.19. The molecule has 10 heteroatoms. The average Bonchev–Trinajstić information content (AvgIpc) is 3.18. The molecule has 4 rings (SSSR count). The van der Waals surface area contributed by atoms with Gasteiger partial charge >= 0.3 is 0 Å². The number of aliphatic imine (C=N–C) groups is 1. The van der Waals surface area contributed by atoms with Crippen LogP contribution in [-0.2, 0) is 19.4 Å². The molecule has 1 amide bonds. The zero-order valence-corrected chi connectivity index (χ0v) is 15.0. The molecule has 0 N–H and O–H groups in total. The number of hydrogen-bond donors (Lipinski definition) is 0. The van der Waals surface area contributed by atoms with Gasteiger partial charge in [-0.1, -0.05) is 11.8 Å². The second-order valence-corrected chi connectivity index (χ2v) is 9.29. The van der Waals surface area contributed by atoms with Crippen molar-refractivity contribution in [1.29, 1.82) is 0 Å². The van der Waals surface area contributed by atoms with E-state index < -0.39 is 15.7 Å². The first-order valence-electron chi connectivity index (χ1n) is 7.63. The molecule has 0 aliphatic carbocycles. The Morgan fingerprint density at radius 1 is 1.36 bits per heavy atom. The maximum absolute atomic E-state index is 12.0. The van der Waals surface area contributed by atoms with Gasteiger partial charge in [0, 0.05) is 24.1 Å². The van der Waals surface area contributed by atoms with E-state index >= 15 is 0 Å². The smallest absolute Gasteiger partial charge is 0.274 e. The summed E-state index contributed by atoms with van der Waals surface area (Å²) in [5.74, 6) is 0.949. The third-order valence-corrected chi connectivity index (χ3v) is 7.40. The largest absolute Gasteiger partial charge is 0.454 e. The van der Waals surface area contributed by atoms with Crippen molar-refractivity contribution in [3.63, 3.8) is 0 Å². The van der Waals surface area contributed by atoms with Crippen molar-refractivity contribution in [2.75, 3.05) is 36.9 Å². The summed E-state index contributed by atoms with van der Waals surface area (Å²) in [6.07, 6.45) is 0. The molecule has 0 bridgehead atoms. The fraction of sp³-hybridized carbons (Fsp3) is 0.467. The number of benzene rings is 1. The maximum atomic E-state index is 12.0. The van der Waals surface area contributed by atoms with Gasteiger partial charge in [-0.2, -0.15) is 4.99 Å². The lowest BCUT2D eigenvalue weighted by Gasteiger charge is -2.24. The van der Waals surface area contributed by atoms with E-state index in [0.717, 1.165) is 5.69 Å². The number of carbonyl (C=O) groups excluding carboxylic acids is 1. The molecule has 2 saturated heterocycles. The molecule has 3 aliphatic rings. The number of rotatable bonds is 3. The summed E-state index contributed by atoms with van der Waals surface area (Å²) in [7, 11) is -1.68. The first kappa shape index (κ1) is 16.7. The Bertz CT molecular complexity index is 854. The predicted octanol–water partition coefficient (Wildman–Crippen LogP) is 0.663. The first-order chi connectivity index (χ1) is 12.0. The highest BCUT2D eigenvalue weighted by Crippen LogP contribution is 2.43. The van der Waals surface area contributed by atoms with E-state index in [2.05, 4.69) is 4.99 Å². The SMILES string of the molecule is COCC(=O)N=C1S[C@@H]2CS(=O)(=O)C[C@H]2N1c1ccc2c(c1)OCO2. The van der Waals surface area contributed by atoms with Crippen LogP contribution in [0.15, 0.2) is 23.2 Å². The summed E-state index contributed by atoms with van der Waals surface area (Å²) in [6.45, 7) is 0.0356. The van der Waals surface area contributed by atoms with Crippen LogP contribution in [0.1, 0.15) is 0 Å². The molecular formula is C15H16N2O6S2. The molecule has 0 saturated carbocycles. The van der Waals surface area contributed by atoms with Gasteiger partial charge in [-0.25, -0.2) is 8.42 Å². The Morgan fingerprint density at radius 3 is 2.96 bits per heavy atom. The molecule has 2 atom stereocenters. The number of carbonyl (C=O) groups is 1. The number of methoxy groups -OCH3 is 1.